The highest BCUT2D eigenvalue weighted by molar-refractivity contribution is 9.10. The van der Waals surface area contributed by atoms with Crippen molar-refractivity contribution in [3.05, 3.63) is 33.3 Å². The van der Waals surface area contributed by atoms with Crippen LogP contribution in [0.15, 0.2) is 22.7 Å². The van der Waals surface area contributed by atoms with Gasteiger partial charge in [-0.05, 0) is 35.0 Å². The van der Waals surface area contributed by atoms with Crippen LogP contribution in [0, 0.1) is 0 Å². The third-order valence-electron chi connectivity index (χ3n) is 1.72. The quantitative estimate of drug-likeness (QED) is 0.667. The van der Waals surface area contributed by atoms with Crippen LogP contribution in [-0.4, -0.2) is 22.7 Å². The zero-order valence-corrected chi connectivity index (χ0v) is 9.84. The molecule has 0 heterocycles. The van der Waals surface area contributed by atoms with Crippen molar-refractivity contribution in [3.8, 4) is 0 Å². The smallest absolute Gasteiger partial charge is 0.278 e. The molecule has 0 saturated carbocycles. The van der Waals surface area contributed by atoms with Crippen molar-refractivity contribution in [1.29, 1.82) is 0 Å². The zero-order valence-electron chi connectivity index (χ0n) is 7.50. The van der Waals surface area contributed by atoms with Gasteiger partial charge >= 0.3 is 0 Å². The molecule has 0 atom stereocenters. The summed E-state index contributed by atoms with van der Waals surface area (Å²) in [6, 6.07) is 4.98. The number of carbonyl (C=O) groups is 1. The maximum absolute atomic E-state index is 11.5. The molecule has 1 amide bonds. The van der Waals surface area contributed by atoms with Gasteiger partial charge in [0.05, 0.1) is 10.6 Å². The fraction of sp³-hybridized carbons (Fsp3) is 0.222. The highest BCUT2D eigenvalue weighted by atomic mass is 79.9. The molecule has 1 N–H and O–H groups in total. The van der Waals surface area contributed by atoms with Crippen molar-refractivity contribution < 1.29 is 10.0 Å². The largest absolute Gasteiger partial charge is 0.286 e. The first kappa shape index (κ1) is 11.5. The molecule has 0 saturated heterocycles. The second-order valence-electron chi connectivity index (χ2n) is 2.62. The molecule has 0 spiro atoms. The molecule has 76 valence electrons. The molecule has 0 unspecified atom stereocenters. The monoisotopic (exact) mass is 277 g/mol. The summed E-state index contributed by atoms with van der Waals surface area (Å²) in [5.74, 6) is -0.501. The summed E-state index contributed by atoms with van der Waals surface area (Å²) >= 11 is 9.08. The highest BCUT2D eigenvalue weighted by Gasteiger charge is 2.16. The van der Waals surface area contributed by atoms with E-state index in [2.05, 4.69) is 15.9 Å². The molecule has 1 aromatic carbocycles. The lowest BCUT2D eigenvalue weighted by Gasteiger charge is -2.13. The molecule has 1 aromatic rings. The van der Waals surface area contributed by atoms with Crippen LogP contribution in [0.1, 0.15) is 17.3 Å². The van der Waals surface area contributed by atoms with E-state index in [1.807, 2.05) is 0 Å². The fourth-order valence-corrected chi connectivity index (χ4v) is 1.52. The van der Waals surface area contributed by atoms with Crippen molar-refractivity contribution >= 4 is 33.4 Å². The Balaban J connectivity index is 3.07. The summed E-state index contributed by atoms with van der Waals surface area (Å²) in [4.78, 5) is 11.5. The number of hydrogen-bond donors (Lipinski definition) is 1. The molecule has 0 aliphatic carbocycles. The molecular formula is C9H9BrClNO2. The van der Waals surface area contributed by atoms with E-state index < -0.39 is 5.91 Å². The summed E-state index contributed by atoms with van der Waals surface area (Å²) in [6.07, 6.45) is 0. The van der Waals surface area contributed by atoms with Crippen molar-refractivity contribution in [1.82, 2.24) is 5.06 Å². The predicted octanol–water partition coefficient (Wildman–Crippen LogP) is 2.95. The standard InChI is InChI=1S/C9H9BrClNO2/c1-2-12(14)9(13)6-4-3-5-7(10)8(6)11/h3-5,14H,2H2,1H3. The van der Waals surface area contributed by atoms with Crippen molar-refractivity contribution in [2.75, 3.05) is 6.54 Å². The van der Waals surface area contributed by atoms with Crippen LogP contribution in [-0.2, 0) is 0 Å². The number of carbonyl (C=O) groups excluding carboxylic acids is 1. The van der Waals surface area contributed by atoms with E-state index in [0.717, 1.165) is 0 Å². The van der Waals surface area contributed by atoms with Gasteiger partial charge in [-0.15, -0.1) is 0 Å². The van der Waals surface area contributed by atoms with Gasteiger partial charge in [0.2, 0.25) is 0 Å². The fourth-order valence-electron chi connectivity index (χ4n) is 0.952. The van der Waals surface area contributed by atoms with Gasteiger partial charge in [0.1, 0.15) is 0 Å². The van der Waals surface area contributed by atoms with Crippen LogP contribution in [0.4, 0.5) is 0 Å². The lowest BCUT2D eigenvalue weighted by atomic mass is 10.2. The second kappa shape index (κ2) is 4.77. The molecule has 3 nitrogen and oxygen atoms in total. The maximum atomic E-state index is 11.5. The van der Waals surface area contributed by atoms with E-state index >= 15 is 0 Å². The Morgan fingerprint density at radius 1 is 1.64 bits per heavy atom. The van der Waals surface area contributed by atoms with E-state index in [1.54, 1.807) is 25.1 Å². The maximum Gasteiger partial charge on any atom is 0.278 e. The first-order valence-corrected chi connectivity index (χ1v) is 5.19. The minimum absolute atomic E-state index is 0.224. The zero-order chi connectivity index (χ0) is 10.7. The highest BCUT2D eigenvalue weighted by Crippen LogP contribution is 2.26. The molecule has 0 fully saturated rings. The Morgan fingerprint density at radius 3 is 2.86 bits per heavy atom. The number of benzene rings is 1. The SMILES string of the molecule is CCN(O)C(=O)c1cccc(Br)c1Cl. The van der Waals surface area contributed by atoms with Crippen LogP contribution >= 0.6 is 27.5 Å². The summed E-state index contributed by atoms with van der Waals surface area (Å²) in [7, 11) is 0. The van der Waals surface area contributed by atoms with Crippen molar-refractivity contribution in [2.45, 2.75) is 6.92 Å². The number of rotatable bonds is 2. The molecule has 0 radical (unpaired) electrons. The van der Waals surface area contributed by atoms with Gasteiger partial charge in [0.15, 0.2) is 0 Å². The molecule has 14 heavy (non-hydrogen) atoms. The van der Waals surface area contributed by atoms with Gasteiger partial charge in [-0.2, -0.15) is 0 Å². The summed E-state index contributed by atoms with van der Waals surface area (Å²) in [5.41, 5.74) is 0.283. The molecular weight excluding hydrogens is 269 g/mol. The van der Waals surface area contributed by atoms with E-state index in [9.17, 15) is 10.0 Å². The Hall–Kier alpha value is -0.580. The Morgan fingerprint density at radius 2 is 2.29 bits per heavy atom. The Bertz CT molecular complexity index is 357. The van der Waals surface area contributed by atoms with Crippen LogP contribution < -0.4 is 0 Å². The molecule has 0 aliphatic rings. The lowest BCUT2D eigenvalue weighted by molar-refractivity contribution is -0.0541. The third-order valence-corrected chi connectivity index (χ3v) is 3.01. The molecule has 5 heteroatoms. The van der Waals surface area contributed by atoms with Gasteiger partial charge in [0.25, 0.3) is 5.91 Å². The Labute approximate surface area is 95.4 Å². The van der Waals surface area contributed by atoms with E-state index in [1.165, 1.54) is 0 Å². The van der Waals surface area contributed by atoms with Gasteiger partial charge in [0, 0.05) is 11.0 Å². The molecule has 0 bridgehead atoms. The summed E-state index contributed by atoms with van der Waals surface area (Å²) in [5, 5.41) is 10.1. The van der Waals surface area contributed by atoms with Crippen LogP contribution in [0.3, 0.4) is 0 Å². The number of halogens is 2. The van der Waals surface area contributed by atoms with Crippen molar-refractivity contribution in [2.24, 2.45) is 0 Å². The third kappa shape index (κ3) is 2.26. The average molecular weight is 279 g/mol. The van der Waals surface area contributed by atoms with Gasteiger partial charge in [-0.1, -0.05) is 17.7 Å². The first-order chi connectivity index (χ1) is 6.57. The number of amides is 1. The second-order valence-corrected chi connectivity index (χ2v) is 3.85. The van der Waals surface area contributed by atoms with E-state index in [4.69, 9.17) is 11.6 Å². The first-order valence-electron chi connectivity index (χ1n) is 4.02. The minimum Gasteiger partial charge on any atom is -0.286 e. The van der Waals surface area contributed by atoms with Crippen molar-refractivity contribution in [3.63, 3.8) is 0 Å². The van der Waals surface area contributed by atoms with Crippen LogP contribution in [0.2, 0.25) is 5.02 Å². The normalized spacial score (nSPS) is 10.0. The summed E-state index contributed by atoms with van der Waals surface area (Å²) in [6.45, 7) is 1.89. The molecule has 0 aromatic heterocycles. The molecule has 1 rings (SSSR count). The minimum atomic E-state index is -0.501. The Kier molecular flexibility index (Phi) is 3.92. The molecule has 0 aliphatic heterocycles. The van der Waals surface area contributed by atoms with Gasteiger partial charge in [-0.25, -0.2) is 5.06 Å². The predicted molar refractivity (Wildman–Crippen MR) is 57.6 cm³/mol. The van der Waals surface area contributed by atoms with E-state index in [0.29, 0.717) is 14.6 Å². The average Bonchev–Trinajstić information content (AvgIpc) is 2.20. The summed E-state index contributed by atoms with van der Waals surface area (Å²) < 4.78 is 0.634. The topological polar surface area (TPSA) is 40.5 Å². The van der Waals surface area contributed by atoms with Crippen LogP contribution in [0.5, 0.6) is 0 Å². The number of hydroxylamine groups is 2. The van der Waals surface area contributed by atoms with E-state index in [-0.39, 0.29) is 12.1 Å². The van der Waals surface area contributed by atoms with Crippen LogP contribution in [0.25, 0.3) is 0 Å². The number of nitrogens with zero attached hydrogens (tertiary/aromatic N) is 1. The lowest BCUT2D eigenvalue weighted by Crippen LogP contribution is -2.27. The number of hydrogen-bond acceptors (Lipinski definition) is 2. The van der Waals surface area contributed by atoms with Gasteiger partial charge < -0.3 is 0 Å². The van der Waals surface area contributed by atoms with Gasteiger partial charge in [-0.3, -0.25) is 10.0 Å².